The molecule has 2 heterocycles. The minimum atomic E-state index is -0.0637. The maximum atomic E-state index is 9.30. The van der Waals surface area contributed by atoms with Crippen molar-refractivity contribution >= 4 is 22.7 Å². The number of hydrogen-bond donors (Lipinski definition) is 1. The molecule has 0 amide bonds. The van der Waals surface area contributed by atoms with Crippen molar-refractivity contribution in [1.29, 1.82) is 0 Å². The molecular weight excluding hydrogens is 190 g/mol. The molecule has 0 atom stereocenters. The van der Waals surface area contributed by atoms with Crippen LogP contribution in [0.4, 0.5) is 0 Å². The summed E-state index contributed by atoms with van der Waals surface area (Å²) < 4.78 is 3.74. The Bertz CT molecular complexity index is 288. The monoisotopic (exact) mass is 202 g/mol. The van der Waals surface area contributed by atoms with Gasteiger partial charge in [-0.1, -0.05) is 22.7 Å². The smallest absolute Gasteiger partial charge is 0.313 e. The molecule has 1 fully saturated rings. The zero-order valence-electron chi connectivity index (χ0n) is 6.77. The zero-order chi connectivity index (χ0) is 8.39. The van der Waals surface area contributed by atoms with Gasteiger partial charge in [0.15, 0.2) is 0 Å². The van der Waals surface area contributed by atoms with Crippen molar-refractivity contribution in [3.8, 4) is 0 Å². The quantitative estimate of drug-likeness (QED) is 0.616. The highest BCUT2D eigenvalue weighted by Crippen LogP contribution is 2.04. The van der Waals surface area contributed by atoms with Crippen LogP contribution in [0.5, 0.6) is 0 Å². The first-order valence-corrected chi connectivity index (χ1v) is 5.90. The second-order valence-electron chi connectivity index (χ2n) is 2.99. The van der Waals surface area contributed by atoms with Gasteiger partial charge < -0.3 is 5.11 Å². The summed E-state index contributed by atoms with van der Waals surface area (Å²) in [4.78, 5) is 0. The molecule has 1 saturated heterocycles. The van der Waals surface area contributed by atoms with Gasteiger partial charge in [0.2, 0.25) is 0 Å². The van der Waals surface area contributed by atoms with Gasteiger partial charge in [-0.25, -0.2) is 4.58 Å². The molecule has 0 aromatic carbocycles. The van der Waals surface area contributed by atoms with Gasteiger partial charge in [-0.2, -0.15) is 0 Å². The second-order valence-corrected chi connectivity index (χ2v) is 5.04. The van der Waals surface area contributed by atoms with E-state index >= 15 is 0 Å². The molecule has 0 bridgehead atoms. The molecule has 2 nitrogen and oxygen atoms in total. The number of piperidine rings is 1. The number of aliphatic hydroxyl groups is 1. The van der Waals surface area contributed by atoms with E-state index in [2.05, 4.69) is 15.3 Å². The van der Waals surface area contributed by atoms with Gasteiger partial charge in [0.1, 0.15) is 13.1 Å². The molecule has 4 heteroatoms. The normalized spacial score (nSPS) is 24.4. The molecule has 1 N–H and O–H groups in total. The van der Waals surface area contributed by atoms with Gasteiger partial charge in [-0.3, -0.25) is 0 Å². The van der Waals surface area contributed by atoms with Crippen molar-refractivity contribution in [2.75, 3.05) is 13.1 Å². The Balaban J connectivity index is 2.22. The molecule has 1 aromatic rings. The van der Waals surface area contributed by atoms with Crippen LogP contribution in [0, 0.1) is 0 Å². The van der Waals surface area contributed by atoms with Crippen LogP contribution in [-0.4, -0.2) is 24.3 Å². The maximum Gasteiger partial charge on any atom is 0.313 e. The van der Waals surface area contributed by atoms with Crippen molar-refractivity contribution in [2.45, 2.75) is 18.9 Å². The summed E-state index contributed by atoms with van der Waals surface area (Å²) in [7, 11) is 0. The fourth-order valence-corrected chi connectivity index (χ4v) is 3.29. The van der Waals surface area contributed by atoms with Gasteiger partial charge in [0.25, 0.3) is 0 Å². The van der Waals surface area contributed by atoms with Crippen LogP contribution in [0.25, 0.3) is 0 Å². The Labute approximate surface area is 79.4 Å². The number of rotatable bonds is 0. The molecule has 1 aliphatic rings. The summed E-state index contributed by atoms with van der Waals surface area (Å²) in [6.07, 6.45) is 1.78. The standard InChI is InChI=1S/C8H12NOS2/c10-7-1-3-9(4-2-7)8-11-5-6-12-8/h5-7,10H,1-4H2/q+1. The SMILES string of the molecule is OC1CC[N+](=c2sccs2)CC1. The molecule has 1 aliphatic heterocycles. The van der Waals surface area contributed by atoms with Gasteiger partial charge in [-0.15, -0.1) is 0 Å². The molecule has 1 aromatic heterocycles. The summed E-state index contributed by atoms with van der Waals surface area (Å²) >= 11 is 3.59. The van der Waals surface area contributed by atoms with Crippen LogP contribution < -0.4 is 8.56 Å². The second kappa shape index (κ2) is 3.68. The molecule has 0 saturated carbocycles. The third-order valence-corrected chi connectivity index (χ3v) is 4.33. The van der Waals surface area contributed by atoms with Crippen molar-refractivity contribution in [3.05, 3.63) is 14.7 Å². The van der Waals surface area contributed by atoms with E-state index in [4.69, 9.17) is 0 Å². The summed E-state index contributed by atoms with van der Waals surface area (Å²) in [6.45, 7) is 2.02. The van der Waals surface area contributed by atoms with Crippen molar-refractivity contribution in [1.82, 2.24) is 4.58 Å². The first-order valence-electron chi connectivity index (χ1n) is 4.14. The molecule has 2 rings (SSSR count). The maximum absolute atomic E-state index is 9.30. The van der Waals surface area contributed by atoms with Gasteiger partial charge >= 0.3 is 3.98 Å². The number of aliphatic hydroxyl groups excluding tert-OH is 1. The van der Waals surface area contributed by atoms with E-state index in [9.17, 15) is 5.11 Å². The van der Waals surface area contributed by atoms with Gasteiger partial charge in [0, 0.05) is 23.6 Å². The molecule has 0 aliphatic carbocycles. The van der Waals surface area contributed by atoms with E-state index in [1.54, 1.807) is 22.7 Å². The minimum Gasteiger partial charge on any atom is -0.393 e. The summed E-state index contributed by atoms with van der Waals surface area (Å²) in [5.74, 6) is 0. The lowest BCUT2D eigenvalue weighted by atomic mass is 10.1. The zero-order valence-corrected chi connectivity index (χ0v) is 8.40. The van der Waals surface area contributed by atoms with Gasteiger partial charge in [0.05, 0.1) is 6.10 Å². The highest BCUT2D eigenvalue weighted by molar-refractivity contribution is 7.24. The Morgan fingerprint density at radius 1 is 1.25 bits per heavy atom. The van der Waals surface area contributed by atoms with E-state index in [1.165, 1.54) is 3.98 Å². The Morgan fingerprint density at radius 2 is 1.83 bits per heavy atom. The first-order chi connectivity index (χ1) is 5.86. The van der Waals surface area contributed by atoms with E-state index < -0.39 is 0 Å². The average molecular weight is 202 g/mol. The molecule has 0 unspecified atom stereocenters. The fourth-order valence-electron chi connectivity index (χ4n) is 1.40. The van der Waals surface area contributed by atoms with Gasteiger partial charge in [-0.05, 0) is 0 Å². The fraction of sp³-hybridized carbons (Fsp3) is 0.625. The third kappa shape index (κ3) is 1.76. The average Bonchev–Trinajstić information content (AvgIpc) is 2.58. The summed E-state index contributed by atoms with van der Waals surface area (Å²) in [5.41, 5.74) is 0. The van der Waals surface area contributed by atoms with Crippen LogP contribution in [0.2, 0.25) is 0 Å². The number of nitrogens with zero attached hydrogens (tertiary/aromatic N) is 1. The third-order valence-electron chi connectivity index (χ3n) is 2.12. The molecule has 0 spiro atoms. The van der Waals surface area contributed by atoms with Crippen LogP contribution in [0.3, 0.4) is 0 Å². The van der Waals surface area contributed by atoms with Crippen LogP contribution in [-0.2, 0) is 0 Å². The predicted octanol–water partition coefficient (Wildman–Crippen LogP) is 0.737. The molecule has 0 radical (unpaired) electrons. The minimum absolute atomic E-state index is 0.0637. The Kier molecular flexibility index (Phi) is 2.58. The lowest BCUT2D eigenvalue weighted by molar-refractivity contribution is 0.130. The number of hydrogen-bond acceptors (Lipinski definition) is 3. The van der Waals surface area contributed by atoms with E-state index in [0.717, 1.165) is 25.9 Å². The van der Waals surface area contributed by atoms with Crippen molar-refractivity contribution in [2.24, 2.45) is 0 Å². The summed E-state index contributed by atoms with van der Waals surface area (Å²) in [5, 5.41) is 13.5. The Hall–Kier alpha value is -0.190. The topological polar surface area (TPSA) is 23.2 Å². The van der Waals surface area contributed by atoms with E-state index in [-0.39, 0.29) is 6.10 Å². The largest absolute Gasteiger partial charge is 0.393 e. The first kappa shape index (κ1) is 8.41. The van der Waals surface area contributed by atoms with E-state index in [0.29, 0.717) is 0 Å². The van der Waals surface area contributed by atoms with E-state index in [1.807, 2.05) is 0 Å². The van der Waals surface area contributed by atoms with Crippen molar-refractivity contribution < 1.29 is 5.11 Å². The van der Waals surface area contributed by atoms with Crippen LogP contribution in [0.15, 0.2) is 10.8 Å². The van der Waals surface area contributed by atoms with Crippen molar-refractivity contribution in [3.63, 3.8) is 0 Å². The molecular formula is C8H12NOS2+. The Morgan fingerprint density at radius 3 is 2.42 bits per heavy atom. The van der Waals surface area contributed by atoms with Crippen LogP contribution in [0.1, 0.15) is 12.8 Å². The molecule has 66 valence electrons. The lowest BCUT2D eigenvalue weighted by Gasteiger charge is -2.14. The predicted molar refractivity (Wildman–Crippen MR) is 52.4 cm³/mol. The molecule has 12 heavy (non-hydrogen) atoms. The van der Waals surface area contributed by atoms with Crippen LogP contribution >= 0.6 is 22.7 Å². The lowest BCUT2D eigenvalue weighted by Crippen LogP contribution is -2.37. The highest BCUT2D eigenvalue weighted by atomic mass is 32.2. The summed E-state index contributed by atoms with van der Waals surface area (Å²) in [6, 6.07) is 0. The highest BCUT2D eigenvalue weighted by Gasteiger charge is 2.19.